The zero-order valence-corrected chi connectivity index (χ0v) is 13.8. The summed E-state index contributed by atoms with van der Waals surface area (Å²) in [6.45, 7) is 2.25. The second-order valence-electron chi connectivity index (χ2n) is 5.26. The Morgan fingerprint density at radius 3 is 2.57 bits per heavy atom. The average Bonchev–Trinajstić information content (AvgIpc) is 2.56. The summed E-state index contributed by atoms with van der Waals surface area (Å²) in [6, 6.07) is 3.55. The minimum atomic E-state index is -3.14. The molecule has 0 bridgehead atoms. The highest BCUT2D eigenvalue weighted by molar-refractivity contribution is 7.88. The van der Waals surface area contributed by atoms with Crippen LogP contribution in [0.25, 0.3) is 0 Å². The largest absolute Gasteiger partial charge is 0.487 e. The summed E-state index contributed by atoms with van der Waals surface area (Å²) in [5, 5.41) is 0. The van der Waals surface area contributed by atoms with Crippen LogP contribution in [0.15, 0.2) is 30.2 Å². The molecule has 0 unspecified atom stereocenters. The normalized spacial score (nSPS) is 17.3. The molecule has 2 rings (SSSR count). The molecule has 1 saturated heterocycles. The summed E-state index contributed by atoms with van der Waals surface area (Å²) in [5.74, 6) is 1.28. The molecule has 2 heterocycles. The molecule has 0 aromatic carbocycles. The van der Waals surface area contributed by atoms with E-state index in [-0.39, 0.29) is 13.2 Å². The maximum atomic E-state index is 12.4. The van der Waals surface area contributed by atoms with E-state index in [1.165, 1.54) is 10.6 Å². The van der Waals surface area contributed by atoms with E-state index in [0.29, 0.717) is 43.8 Å². The summed E-state index contributed by atoms with van der Waals surface area (Å²) in [7, 11) is -3.14. The first-order valence-corrected chi connectivity index (χ1v) is 9.06. The van der Waals surface area contributed by atoms with Crippen LogP contribution in [0.5, 0.6) is 5.75 Å². The van der Waals surface area contributed by atoms with Crippen molar-refractivity contribution in [2.75, 3.05) is 50.5 Å². The fourth-order valence-electron chi connectivity index (χ4n) is 2.20. The molecule has 7 nitrogen and oxygen atoms in total. The maximum Gasteiger partial charge on any atom is 0.211 e. The van der Waals surface area contributed by atoms with Crippen LogP contribution in [0, 0.1) is 0 Å². The molecule has 128 valence electrons. The fourth-order valence-corrected chi connectivity index (χ4v) is 3.03. The van der Waals surface area contributed by atoms with Crippen LogP contribution in [0.1, 0.15) is 0 Å². The maximum absolute atomic E-state index is 12.4. The first-order chi connectivity index (χ1) is 10.9. The van der Waals surface area contributed by atoms with Crippen LogP contribution in [-0.2, 0) is 10.0 Å². The Bertz CT molecular complexity index is 640. The average molecular weight is 344 g/mol. The summed E-state index contributed by atoms with van der Waals surface area (Å²) in [5.41, 5.74) is 5.72. The smallest absolute Gasteiger partial charge is 0.211 e. The van der Waals surface area contributed by atoms with Crippen LogP contribution in [0.2, 0.25) is 0 Å². The topological polar surface area (TPSA) is 88.8 Å². The van der Waals surface area contributed by atoms with E-state index in [1.54, 1.807) is 18.3 Å². The zero-order chi connectivity index (χ0) is 16.9. The van der Waals surface area contributed by atoms with Crippen molar-refractivity contribution in [1.82, 2.24) is 9.29 Å². The Hall–Kier alpha value is -1.71. The van der Waals surface area contributed by atoms with Crippen LogP contribution < -0.4 is 15.4 Å². The van der Waals surface area contributed by atoms with Gasteiger partial charge in [-0.1, -0.05) is 0 Å². The quantitative estimate of drug-likeness (QED) is 0.801. The van der Waals surface area contributed by atoms with Gasteiger partial charge in [0.05, 0.1) is 18.8 Å². The second kappa shape index (κ2) is 7.71. The Balaban J connectivity index is 1.91. The summed E-state index contributed by atoms with van der Waals surface area (Å²) in [4.78, 5) is 6.32. The molecule has 0 spiro atoms. The van der Waals surface area contributed by atoms with Crippen molar-refractivity contribution >= 4 is 15.8 Å². The molecule has 0 aliphatic carbocycles. The van der Waals surface area contributed by atoms with Crippen molar-refractivity contribution in [2.24, 2.45) is 5.73 Å². The lowest BCUT2D eigenvalue weighted by atomic mass is 10.3. The van der Waals surface area contributed by atoms with Gasteiger partial charge in [0.25, 0.3) is 0 Å². The van der Waals surface area contributed by atoms with Crippen molar-refractivity contribution < 1.29 is 17.5 Å². The zero-order valence-electron chi connectivity index (χ0n) is 13.0. The molecule has 1 aliphatic rings. The van der Waals surface area contributed by atoms with E-state index in [2.05, 4.69) is 4.98 Å². The second-order valence-corrected chi connectivity index (χ2v) is 7.24. The first-order valence-electron chi connectivity index (χ1n) is 7.21. The van der Waals surface area contributed by atoms with Crippen molar-refractivity contribution in [3.05, 3.63) is 30.2 Å². The summed E-state index contributed by atoms with van der Waals surface area (Å²) < 4.78 is 42.2. The Morgan fingerprint density at radius 1 is 1.39 bits per heavy atom. The molecule has 0 atom stereocenters. The molecular weight excluding hydrogens is 323 g/mol. The number of hydrogen-bond acceptors (Lipinski definition) is 6. The van der Waals surface area contributed by atoms with Gasteiger partial charge in [-0.3, -0.25) is 0 Å². The first kappa shape index (κ1) is 17.6. The Kier molecular flexibility index (Phi) is 5.91. The Labute approximate surface area is 135 Å². The number of nitrogens with zero attached hydrogens (tertiary/aromatic N) is 3. The highest BCUT2D eigenvalue weighted by Gasteiger charge is 2.23. The minimum absolute atomic E-state index is 0.0844. The highest BCUT2D eigenvalue weighted by atomic mass is 32.2. The third-order valence-corrected chi connectivity index (χ3v) is 4.90. The molecule has 9 heteroatoms. The van der Waals surface area contributed by atoms with Gasteiger partial charge in [-0.15, -0.1) is 0 Å². The predicted octanol–water partition coefficient (Wildman–Crippen LogP) is 0.354. The molecule has 1 fully saturated rings. The number of aromatic nitrogens is 1. The van der Waals surface area contributed by atoms with Crippen LogP contribution in [-0.4, -0.2) is 63.3 Å². The van der Waals surface area contributed by atoms with Gasteiger partial charge in [-0.05, 0) is 12.1 Å². The molecular formula is C14H21FN4O3S. The van der Waals surface area contributed by atoms with Crippen molar-refractivity contribution in [3.8, 4) is 5.75 Å². The number of ether oxygens (including phenoxy) is 1. The number of anilines is 1. The standard InChI is InChI=1S/C14H21FN4O3S/c1-23(20,21)19-6-4-18(5-7-19)14-3-2-13(10-17-14)22-11-12(8-15)9-16/h2-3,8,10H,4-7,9,11,16H2,1H3/b12-8-. The van der Waals surface area contributed by atoms with E-state index in [9.17, 15) is 12.8 Å². The molecule has 0 radical (unpaired) electrons. The van der Waals surface area contributed by atoms with E-state index in [1.807, 2.05) is 4.90 Å². The Morgan fingerprint density at radius 2 is 2.09 bits per heavy atom. The van der Waals surface area contributed by atoms with Crippen LogP contribution >= 0.6 is 0 Å². The number of hydrogen-bond donors (Lipinski definition) is 1. The van der Waals surface area contributed by atoms with Gasteiger partial charge in [-0.2, -0.15) is 4.31 Å². The number of rotatable bonds is 6. The predicted molar refractivity (Wildman–Crippen MR) is 86.6 cm³/mol. The van der Waals surface area contributed by atoms with Crippen molar-refractivity contribution in [2.45, 2.75) is 0 Å². The lowest BCUT2D eigenvalue weighted by molar-refractivity contribution is 0.346. The number of halogens is 1. The van der Waals surface area contributed by atoms with Crippen molar-refractivity contribution in [3.63, 3.8) is 0 Å². The van der Waals surface area contributed by atoms with E-state index in [0.717, 1.165) is 5.82 Å². The van der Waals surface area contributed by atoms with Gasteiger partial charge in [0.15, 0.2) is 0 Å². The number of pyridine rings is 1. The van der Waals surface area contributed by atoms with Crippen molar-refractivity contribution in [1.29, 1.82) is 0 Å². The lowest BCUT2D eigenvalue weighted by Crippen LogP contribution is -2.48. The highest BCUT2D eigenvalue weighted by Crippen LogP contribution is 2.18. The van der Waals surface area contributed by atoms with Gasteiger partial charge in [0, 0.05) is 38.3 Å². The number of sulfonamides is 1. The molecule has 0 saturated carbocycles. The van der Waals surface area contributed by atoms with Crippen LogP contribution in [0.4, 0.5) is 10.2 Å². The number of nitrogens with two attached hydrogens (primary N) is 1. The van der Waals surface area contributed by atoms with E-state index >= 15 is 0 Å². The molecule has 1 aliphatic heterocycles. The summed E-state index contributed by atoms with van der Waals surface area (Å²) in [6.07, 6.45) is 3.22. The van der Waals surface area contributed by atoms with E-state index < -0.39 is 10.0 Å². The third kappa shape index (κ3) is 4.88. The molecule has 2 N–H and O–H groups in total. The third-order valence-electron chi connectivity index (χ3n) is 3.59. The van der Waals surface area contributed by atoms with Gasteiger partial charge in [0.2, 0.25) is 10.0 Å². The molecule has 1 aromatic heterocycles. The molecule has 0 amide bonds. The van der Waals surface area contributed by atoms with Crippen LogP contribution in [0.3, 0.4) is 0 Å². The number of piperazine rings is 1. The lowest BCUT2D eigenvalue weighted by Gasteiger charge is -2.33. The van der Waals surface area contributed by atoms with Gasteiger partial charge >= 0.3 is 0 Å². The van der Waals surface area contributed by atoms with E-state index in [4.69, 9.17) is 10.5 Å². The van der Waals surface area contributed by atoms with Gasteiger partial charge in [-0.25, -0.2) is 17.8 Å². The van der Waals surface area contributed by atoms with Gasteiger partial charge in [0.1, 0.15) is 18.2 Å². The minimum Gasteiger partial charge on any atom is -0.487 e. The fraction of sp³-hybridized carbons (Fsp3) is 0.500. The van der Waals surface area contributed by atoms with Gasteiger partial charge < -0.3 is 15.4 Å². The molecule has 1 aromatic rings. The summed E-state index contributed by atoms with van der Waals surface area (Å²) >= 11 is 0. The molecule has 23 heavy (non-hydrogen) atoms. The monoisotopic (exact) mass is 344 g/mol. The SMILES string of the molecule is CS(=O)(=O)N1CCN(c2ccc(OC/C(=C\F)CN)cn2)CC1.